The first-order valence-electron chi connectivity index (χ1n) is 10.3. The van der Waals surface area contributed by atoms with Crippen LogP contribution in [-0.4, -0.2) is 37.7 Å². The highest BCUT2D eigenvalue weighted by molar-refractivity contribution is 5.86. The first-order valence-corrected chi connectivity index (χ1v) is 10.3. The van der Waals surface area contributed by atoms with Gasteiger partial charge in [-0.3, -0.25) is 4.79 Å². The van der Waals surface area contributed by atoms with E-state index in [-0.39, 0.29) is 18.0 Å². The summed E-state index contributed by atoms with van der Waals surface area (Å²) in [4.78, 5) is 13.4. The van der Waals surface area contributed by atoms with E-state index in [1.54, 1.807) is 26.4 Å². The summed E-state index contributed by atoms with van der Waals surface area (Å²) < 4.78 is 28.3. The highest BCUT2D eigenvalue weighted by Gasteiger charge is 2.59. The molecule has 164 valence electrons. The molecule has 31 heavy (non-hydrogen) atoms. The van der Waals surface area contributed by atoms with Gasteiger partial charge in [0.25, 0.3) is 0 Å². The summed E-state index contributed by atoms with van der Waals surface area (Å²) in [5, 5.41) is 11.7. The maximum Gasteiger partial charge on any atom is 0.231 e. The first kappa shape index (κ1) is 20.0. The third-order valence-electron chi connectivity index (χ3n) is 6.45. The molecule has 0 amide bonds. The van der Waals surface area contributed by atoms with Crippen LogP contribution in [0.15, 0.2) is 30.3 Å². The molecule has 3 atom stereocenters. The molecular weight excluding hydrogens is 400 g/mol. The van der Waals surface area contributed by atoms with Crippen LogP contribution < -0.4 is 23.7 Å². The summed E-state index contributed by atoms with van der Waals surface area (Å²) in [6.07, 6.45) is 0.692. The fraction of sp³-hybridized carbons (Fsp3) is 0.458. The number of carbonyl (C=O) groups excluding carboxylic acids is 1. The van der Waals surface area contributed by atoms with E-state index in [2.05, 4.69) is 0 Å². The van der Waals surface area contributed by atoms with Gasteiger partial charge in [0.05, 0.1) is 20.1 Å². The quantitative estimate of drug-likeness (QED) is 0.802. The fourth-order valence-electron chi connectivity index (χ4n) is 5.30. The number of fused-ring (bicyclic) bond motifs is 3. The number of hydrogen-bond donors (Lipinski definition) is 1. The molecule has 2 heterocycles. The molecular formula is C24H26O7. The summed E-state index contributed by atoms with van der Waals surface area (Å²) >= 11 is 0. The third-order valence-corrected chi connectivity index (χ3v) is 6.45. The normalized spacial score (nSPS) is 27.7. The van der Waals surface area contributed by atoms with Gasteiger partial charge in [0, 0.05) is 42.0 Å². The number of carbonyl (C=O) groups is 1. The Morgan fingerprint density at radius 3 is 2.45 bits per heavy atom. The molecule has 1 fully saturated rings. The van der Waals surface area contributed by atoms with Gasteiger partial charge < -0.3 is 28.8 Å². The van der Waals surface area contributed by atoms with E-state index in [1.807, 2.05) is 32.0 Å². The second kappa shape index (κ2) is 6.79. The topological polar surface area (TPSA) is 83.5 Å². The monoisotopic (exact) mass is 426 g/mol. The zero-order valence-corrected chi connectivity index (χ0v) is 18.1. The van der Waals surface area contributed by atoms with E-state index < -0.39 is 17.6 Å². The van der Waals surface area contributed by atoms with Crippen LogP contribution >= 0.6 is 0 Å². The molecule has 5 rings (SSSR count). The average Bonchev–Trinajstić information content (AvgIpc) is 3.16. The average molecular weight is 426 g/mol. The zero-order valence-electron chi connectivity index (χ0n) is 18.1. The summed E-state index contributed by atoms with van der Waals surface area (Å²) in [6.45, 7) is 4.07. The van der Waals surface area contributed by atoms with Crippen molar-refractivity contribution < 1.29 is 33.6 Å². The van der Waals surface area contributed by atoms with Crippen LogP contribution in [0.5, 0.6) is 28.7 Å². The van der Waals surface area contributed by atoms with Crippen LogP contribution in [0.3, 0.4) is 0 Å². The van der Waals surface area contributed by atoms with E-state index in [9.17, 15) is 9.90 Å². The molecule has 1 saturated carbocycles. The number of methoxy groups -OCH3 is 2. The Kier molecular flexibility index (Phi) is 4.38. The number of aliphatic hydroxyl groups is 1. The molecule has 2 aliphatic heterocycles. The number of ketones is 1. The Labute approximate surface area is 180 Å². The Bertz CT molecular complexity index is 1060. The molecule has 0 saturated heterocycles. The lowest BCUT2D eigenvalue weighted by atomic mass is 9.61. The smallest absolute Gasteiger partial charge is 0.231 e. The van der Waals surface area contributed by atoms with Crippen LogP contribution in [0, 0.1) is 11.3 Å². The molecule has 0 radical (unpaired) electrons. The molecule has 2 aromatic carbocycles. The minimum Gasteiger partial charge on any atom is -0.497 e. The van der Waals surface area contributed by atoms with Crippen LogP contribution in [0.2, 0.25) is 0 Å². The lowest BCUT2D eigenvalue weighted by molar-refractivity contribution is -0.222. The maximum absolute atomic E-state index is 13.4. The second-order valence-corrected chi connectivity index (χ2v) is 9.24. The third kappa shape index (κ3) is 3.10. The summed E-state index contributed by atoms with van der Waals surface area (Å²) in [6, 6.07) is 9.08. The van der Waals surface area contributed by atoms with Gasteiger partial charge in [0.1, 0.15) is 23.0 Å². The molecule has 0 spiro atoms. The van der Waals surface area contributed by atoms with E-state index in [1.165, 1.54) is 0 Å². The van der Waals surface area contributed by atoms with Gasteiger partial charge in [0.15, 0.2) is 11.5 Å². The van der Waals surface area contributed by atoms with Crippen molar-refractivity contribution in [3.63, 3.8) is 0 Å². The van der Waals surface area contributed by atoms with E-state index >= 15 is 0 Å². The van der Waals surface area contributed by atoms with E-state index in [0.29, 0.717) is 41.6 Å². The van der Waals surface area contributed by atoms with Gasteiger partial charge >= 0.3 is 0 Å². The van der Waals surface area contributed by atoms with Crippen LogP contribution in [0.25, 0.3) is 0 Å². The van der Waals surface area contributed by atoms with Crippen LogP contribution in [0.4, 0.5) is 0 Å². The van der Waals surface area contributed by atoms with Crippen molar-refractivity contribution >= 4 is 5.78 Å². The number of ether oxygens (including phenoxy) is 5. The Balaban J connectivity index is 1.74. The summed E-state index contributed by atoms with van der Waals surface area (Å²) in [7, 11) is 3.17. The molecule has 1 N–H and O–H groups in total. The minimum atomic E-state index is -1.64. The van der Waals surface area contributed by atoms with E-state index in [4.69, 9.17) is 23.7 Å². The Hall–Kier alpha value is -2.93. The highest BCUT2D eigenvalue weighted by Crippen LogP contribution is 2.58. The number of Topliss-reactive ketones (excluding diaryl/α,β-unsaturated/α-hetero) is 1. The predicted octanol–water partition coefficient (Wildman–Crippen LogP) is 3.65. The van der Waals surface area contributed by atoms with Crippen molar-refractivity contribution in [3.8, 4) is 28.7 Å². The van der Waals surface area contributed by atoms with Crippen LogP contribution in [0.1, 0.15) is 43.7 Å². The lowest BCUT2D eigenvalue weighted by Gasteiger charge is -2.51. The summed E-state index contributed by atoms with van der Waals surface area (Å²) in [5.74, 6) is -0.0872. The summed E-state index contributed by atoms with van der Waals surface area (Å²) in [5.41, 5.74) is 1.16. The van der Waals surface area contributed by atoms with Crippen molar-refractivity contribution in [1.82, 2.24) is 0 Å². The zero-order chi connectivity index (χ0) is 22.0. The van der Waals surface area contributed by atoms with Gasteiger partial charge in [-0.25, -0.2) is 0 Å². The molecule has 7 heteroatoms. The van der Waals surface area contributed by atoms with Crippen molar-refractivity contribution in [2.75, 3.05) is 21.0 Å². The minimum absolute atomic E-state index is 0.0371. The Morgan fingerprint density at radius 2 is 1.74 bits per heavy atom. The molecule has 0 aromatic heterocycles. The lowest BCUT2D eigenvalue weighted by Crippen LogP contribution is -2.58. The largest absolute Gasteiger partial charge is 0.497 e. The number of hydrogen-bond acceptors (Lipinski definition) is 7. The second-order valence-electron chi connectivity index (χ2n) is 9.24. The Morgan fingerprint density at radius 1 is 1.00 bits per heavy atom. The number of benzene rings is 2. The van der Waals surface area contributed by atoms with Gasteiger partial charge in [-0.2, -0.15) is 0 Å². The van der Waals surface area contributed by atoms with Gasteiger partial charge in [-0.15, -0.1) is 0 Å². The van der Waals surface area contributed by atoms with Gasteiger partial charge in [-0.1, -0.05) is 19.9 Å². The molecule has 7 nitrogen and oxygen atoms in total. The van der Waals surface area contributed by atoms with Gasteiger partial charge in [0.2, 0.25) is 12.6 Å². The highest BCUT2D eigenvalue weighted by atomic mass is 16.7. The molecule has 0 unspecified atom stereocenters. The standard InChI is InChI=1S/C24H26O7/c1-23(2)10-16(25)22-21(14-6-5-13(27-3)7-17(14)28-4)15-8-19-20(30-12-29-19)9-18(15)31-24(22,26)11-23/h5-9,21-22,26H,10-12H2,1-4H3/t21-,22-,24-/m1/s1. The molecule has 1 aliphatic carbocycles. The van der Waals surface area contributed by atoms with Crippen molar-refractivity contribution in [2.45, 2.75) is 38.4 Å². The predicted molar refractivity (Wildman–Crippen MR) is 111 cm³/mol. The molecule has 2 aromatic rings. The first-order chi connectivity index (χ1) is 14.7. The van der Waals surface area contributed by atoms with E-state index in [0.717, 1.165) is 11.1 Å². The van der Waals surface area contributed by atoms with Crippen molar-refractivity contribution in [2.24, 2.45) is 11.3 Å². The van der Waals surface area contributed by atoms with Crippen molar-refractivity contribution in [3.05, 3.63) is 41.5 Å². The van der Waals surface area contributed by atoms with Gasteiger partial charge in [-0.05, 0) is 17.5 Å². The molecule has 0 bridgehead atoms. The van der Waals surface area contributed by atoms with Crippen LogP contribution in [-0.2, 0) is 4.79 Å². The maximum atomic E-state index is 13.4. The number of rotatable bonds is 3. The fourth-order valence-corrected chi connectivity index (χ4v) is 5.30. The molecule has 3 aliphatic rings. The van der Waals surface area contributed by atoms with Crippen molar-refractivity contribution in [1.29, 1.82) is 0 Å². The SMILES string of the molecule is COc1ccc([C@@H]2c3cc4c(cc3O[C@]3(O)CC(C)(C)CC(=O)[C@H]23)OCO4)c(OC)c1.